The fourth-order valence-corrected chi connectivity index (χ4v) is 3.73. The summed E-state index contributed by atoms with van der Waals surface area (Å²) in [4.78, 5) is 17.2. The van der Waals surface area contributed by atoms with E-state index in [9.17, 15) is 4.79 Å². The number of hydrogen-bond acceptors (Lipinski definition) is 4. The average Bonchev–Trinajstić information content (AvgIpc) is 3.25. The third-order valence-corrected chi connectivity index (χ3v) is 4.93. The van der Waals surface area contributed by atoms with Gasteiger partial charge in [0.2, 0.25) is 5.91 Å². The monoisotopic (exact) mass is 300 g/mol. The molecule has 2 saturated heterocycles. The summed E-state index contributed by atoms with van der Waals surface area (Å²) in [7, 11) is 1.88. The number of rotatable bonds is 3. The highest BCUT2D eigenvalue weighted by Gasteiger charge is 2.51. The van der Waals surface area contributed by atoms with Crippen LogP contribution < -0.4 is 4.90 Å². The van der Waals surface area contributed by atoms with Gasteiger partial charge in [-0.2, -0.15) is 5.10 Å². The maximum absolute atomic E-state index is 12.9. The lowest BCUT2D eigenvalue weighted by Gasteiger charge is -2.23. The summed E-state index contributed by atoms with van der Waals surface area (Å²) in [5.74, 6) is 0.259. The molecule has 4 heterocycles. The fourth-order valence-electron chi connectivity index (χ4n) is 3.73. The topological polar surface area (TPSA) is 54.5 Å². The van der Waals surface area contributed by atoms with Crippen LogP contribution >= 0.6 is 0 Å². The lowest BCUT2D eigenvalue weighted by Crippen LogP contribution is -2.36. The molecule has 1 atom stereocenters. The van der Waals surface area contributed by atoms with Crippen molar-refractivity contribution in [3.05, 3.63) is 36.5 Å². The molecule has 0 bridgehead atoms. The Balaban J connectivity index is 1.48. The largest absolute Gasteiger partial charge is 0.472 e. The van der Waals surface area contributed by atoms with Crippen LogP contribution in [-0.4, -0.2) is 40.2 Å². The van der Waals surface area contributed by atoms with Crippen molar-refractivity contribution in [1.82, 2.24) is 14.7 Å². The first-order chi connectivity index (χ1) is 10.7. The van der Waals surface area contributed by atoms with Crippen molar-refractivity contribution in [3.63, 3.8) is 0 Å². The molecule has 2 fully saturated rings. The number of furan rings is 1. The van der Waals surface area contributed by atoms with Gasteiger partial charge in [0.1, 0.15) is 0 Å². The Hall–Kier alpha value is -2.08. The molecular weight excluding hydrogens is 280 g/mol. The van der Waals surface area contributed by atoms with Gasteiger partial charge in [-0.1, -0.05) is 0 Å². The van der Waals surface area contributed by atoms with E-state index in [4.69, 9.17) is 4.42 Å². The van der Waals surface area contributed by atoms with Gasteiger partial charge in [0, 0.05) is 38.4 Å². The van der Waals surface area contributed by atoms with Crippen LogP contribution in [-0.2, 0) is 18.4 Å². The minimum atomic E-state index is -0.209. The van der Waals surface area contributed by atoms with Gasteiger partial charge < -0.3 is 9.32 Å². The van der Waals surface area contributed by atoms with E-state index in [2.05, 4.69) is 10.00 Å². The lowest BCUT2D eigenvalue weighted by atomic mass is 9.85. The van der Waals surface area contributed by atoms with Gasteiger partial charge >= 0.3 is 0 Å². The number of anilines is 1. The normalized spacial score (nSPS) is 25.7. The lowest BCUT2D eigenvalue weighted by molar-refractivity contribution is -0.125. The second-order valence-electron chi connectivity index (χ2n) is 6.45. The highest BCUT2D eigenvalue weighted by Crippen LogP contribution is 2.42. The fraction of sp³-hybridized carbons (Fsp3) is 0.500. The van der Waals surface area contributed by atoms with Crippen molar-refractivity contribution >= 4 is 11.6 Å². The second-order valence-corrected chi connectivity index (χ2v) is 6.45. The Bertz CT molecular complexity index is 678. The van der Waals surface area contributed by atoms with Crippen molar-refractivity contribution in [2.75, 3.05) is 24.5 Å². The van der Waals surface area contributed by atoms with Crippen LogP contribution in [0.2, 0.25) is 0 Å². The summed E-state index contributed by atoms with van der Waals surface area (Å²) >= 11 is 0. The van der Waals surface area contributed by atoms with E-state index >= 15 is 0 Å². The first kappa shape index (κ1) is 13.6. The number of nitrogens with zero attached hydrogens (tertiary/aromatic N) is 4. The Morgan fingerprint density at radius 2 is 2.23 bits per heavy atom. The second kappa shape index (κ2) is 4.98. The first-order valence-electron chi connectivity index (χ1n) is 7.70. The molecular formula is C16H20N4O2. The summed E-state index contributed by atoms with van der Waals surface area (Å²) in [6, 6.07) is 1.99. The van der Waals surface area contributed by atoms with Crippen LogP contribution in [0.25, 0.3) is 0 Å². The molecule has 4 rings (SSSR count). The number of hydrogen-bond donors (Lipinski definition) is 0. The Morgan fingerprint density at radius 3 is 2.95 bits per heavy atom. The molecule has 2 aliphatic rings. The number of carbonyl (C=O) groups is 1. The van der Waals surface area contributed by atoms with Crippen LogP contribution in [0.5, 0.6) is 0 Å². The van der Waals surface area contributed by atoms with Gasteiger partial charge in [-0.25, -0.2) is 0 Å². The Labute approximate surface area is 129 Å². The Morgan fingerprint density at radius 1 is 1.36 bits per heavy atom. The van der Waals surface area contributed by atoms with Gasteiger partial charge in [0.05, 0.1) is 29.8 Å². The molecule has 6 nitrogen and oxygen atoms in total. The van der Waals surface area contributed by atoms with Gasteiger partial charge in [0.15, 0.2) is 0 Å². The predicted octanol–water partition coefficient (Wildman–Crippen LogP) is 1.64. The highest BCUT2D eigenvalue weighted by molar-refractivity contribution is 6.00. The number of amides is 1. The van der Waals surface area contributed by atoms with Crippen LogP contribution in [0.4, 0.5) is 5.69 Å². The molecule has 2 aromatic heterocycles. The smallest absolute Gasteiger partial charge is 0.234 e. The van der Waals surface area contributed by atoms with E-state index in [1.807, 2.05) is 24.2 Å². The van der Waals surface area contributed by atoms with Gasteiger partial charge in [-0.3, -0.25) is 14.4 Å². The summed E-state index contributed by atoms with van der Waals surface area (Å²) < 4.78 is 6.87. The molecule has 0 aliphatic carbocycles. The minimum absolute atomic E-state index is 0.209. The van der Waals surface area contributed by atoms with E-state index in [1.165, 1.54) is 5.56 Å². The third kappa shape index (κ3) is 2.14. The molecule has 2 aliphatic heterocycles. The number of carbonyl (C=O) groups excluding carboxylic acids is 1. The number of aromatic nitrogens is 2. The Kier molecular flexibility index (Phi) is 3.07. The van der Waals surface area contributed by atoms with E-state index in [0.29, 0.717) is 0 Å². The van der Waals surface area contributed by atoms with E-state index in [1.54, 1.807) is 23.4 Å². The molecule has 1 unspecified atom stereocenters. The molecule has 1 amide bonds. The zero-order chi connectivity index (χ0) is 15.2. The zero-order valence-corrected chi connectivity index (χ0v) is 12.7. The van der Waals surface area contributed by atoms with Crippen molar-refractivity contribution in [3.8, 4) is 0 Å². The number of likely N-dealkylation sites (tertiary alicyclic amines) is 1. The van der Waals surface area contributed by atoms with Crippen LogP contribution in [0.3, 0.4) is 0 Å². The molecule has 2 aromatic rings. The van der Waals surface area contributed by atoms with Gasteiger partial charge in [-0.05, 0) is 25.5 Å². The summed E-state index contributed by atoms with van der Waals surface area (Å²) in [5, 5.41) is 4.18. The summed E-state index contributed by atoms with van der Waals surface area (Å²) in [5.41, 5.74) is 1.88. The molecule has 22 heavy (non-hydrogen) atoms. The van der Waals surface area contributed by atoms with Crippen LogP contribution in [0, 0.1) is 5.41 Å². The van der Waals surface area contributed by atoms with Crippen molar-refractivity contribution in [2.45, 2.75) is 19.4 Å². The quantitative estimate of drug-likeness (QED) is 0.865. The molecule has 1 spiro atoms. The van der Waals surface area contributed by atoms with E-state index in [-0.39, 0.29) is 11.3 Å². The molecule has 6 heteroatoms. The zero-order valence-electron chi connectivity index (χ0n) is 12.7. The van der Waals surface area contributed by atoms with Gasteiger partial charge in [0.25, 0.3) is 0 Å². The molecule has 0 N–H and O–H groups in total. The highest BCUT2D eigenvalue weighted by atomic mass is 16.3. The average molecular weight is 300 g/mol. The summed E-state index contributed by atoms with van der Waals surface area (Å²) in [6.45, 7) is 3.47. The van der Waals surface area contributed by atoms with Crippen LogP contribution in [0.15, 0.2) is 35.4 Å². The SMILES string of the molecule is Cn1cc(N2CCC3(CCN(Cc4ccoc4)C3)C2=O)cn1. The van der Waals surface area contributed by atoms with Crippen LogP contribution in [0.1, 0.15) is 18.4 Å². The standard InChI is InChI=1S/C16H20N4O2/c1-18-10-14(8-17-18)20-6-4-16(15(20)21)3-5-19(12-16)9-13-2-7-22-11-13/h2,7-8,10-11H,3-6,9,12H2,1H3. The van der Waals surface area contributed by atoms with E-state index in [0.717, 1.165) is 44.7 Å². The number of aryl methyl sites for hydroxylation is 1. The first-order valence-corrected chi connectivity index (χ1v) is 7.70. The molecule has 0 radical (unpaired) electrons. The van der Waals surface area contributed by atoms with Crippen molar-refractivity contribution < 1.29 is 9.21 Å². The third-order valence-electron chi connectivity index (χ3n) is 4.93. The van der Waals surface area contributed by atoms with Crippen molar-refractivity contribution in [1.29, 1.82) is 0 Å². The van der Waals surface area contributed by atoms with E-state index < -0.39 is 0 Å². The summed E-state index contributed by atoms with van der Waals surface area (Å²) in [6.07, 6.45) is 9.04. The van der Waals surface area contributed by atoms with Gasteiger partial charge in [-0.15, -0.1) is 0 Å². The minimum Gasteiger partial charge on any atom is -0.472 e. The predicted molar refractivity (Wildman–Crippen MR) is 81.2 cm³/mol. The molecule has 116 valence electrons. The maximum atomic E-state index is 12.9. The van der Waals surface area contributed by atoms with Crippen molar-refractivity contribution in [2.24, 2.45) is 12.5 Å². The maximum Gasteiger partial charge on any atom is 0.234 e. The molecule has 0 saturated carbocycles. The molecule has 0 aromatic carbocycles.